The van der Waals surface area contributed by atoms with Crippen LogP contribution in [0.1, 0.15) is 71.9 Å². The van der Waals surface area contributed by atoms with E-state index in [1.165, 1.54) is 54.6 Å². The van der Waals surface area contributed by atoms with E-state index in [1.54, 1.807) is 0 Å². The molecular weight excluding hydrogens is 266 g/mol. The lowest BCUT2D eigenvalue weighted by Gasteiger charge is -2.33. The van der Waals surface area contributed by atoms with E-state index < -0.39 is 0 Å². The third kappa shape index (κ3) is 4.01. The molecule has 0 aliphatic carbocycles. The molecule has 0 aromatic heterocycles. The molecule has 1 heteroatoms. The Morgan fingerprint density at radius 3 is 2.00 bits per heavy atom. The number of likely N-dealkylation sites (tertiary alicyclic amines) is 1. The summed E-state index contributed by atoms with van der Waals surface area (Å²) in [5, 5.41) is 0. The summed E-state index contributed by atoms with van der Waals surface area (Å²) < 4.78 is 0. The first-order chi connectivity index (χ1) is 10.3. The van der Waals surface area contributed by atoms with Crippen LogP contribution in [-0.2, 0) is 5.41 Å². The van der Waals surface area contributed by atoms with Crippen LogP contribution in [0, 0.1) is 0 Å². The van der Waals surface area contributed by atoms with E-state index in [0.717, 1.165) is 0 Å². The van der Waals surface area contributed by atoms with Crippen molar-refractivity contribution in [2.45, 2.75) is 72.3 Å². The molecule has 0 radical (unpaired) electrons. The molecule has 1 saturated heterocycles. The van der Waals surface area contributed by atoms with Crippen LogP contribution in [0.3, 0.4) is 0 Å². The van der Waals surface area contributed by atoms with Crippen molar-refractivity contribution in [3.8, 4) is 0 Å². The highest BCUT2D eigenvalue weighted by atomic mass is 15.2. The summed E-state index contributed by atoms with van der Waals surface area (Å²) in [5.41, 5.74) is 5.97. The van der Waals surface area contributed by atoms with Crippen LogP contribution in [0.5, 0.6) is 0 Å². The molecule has 1 aliphatic rings. The summed E-state index contributed by atoms with van der Waals surface area (Å²) in [6.45, 7) is 16.3. The molecule has 1 atom stereocenters. The van der Waals surface area contributed by atoms with Gasteiger partial charge < -0.3 is 0 Å². The van der Waals surface area contributed by atoms with E-state index >= 15 is 0 Å². The smallest absolute Gasteiger partial charge is 0.0282 e. The van der Waals surface area contributed by atoms with Crippen molar-refractivity contribution in [2.24, 2.45) is 0 Å². The summed E-state index contributed by atoms with van der Waals surface area (Å²) in [7, 11) is 0. The Kier molecular flexibility index (Phi) is 5.50. The van der Waals surface area contributed by atoms with Crippen molar-refractivity contribution >= 4 is 5.57 Å². The number of hydrogen-bond acceptors (Lipinski definition) is 1. The van der Waals surface area contributed by atoms with Crippen molar-refractivity contribution in [3.05, 3.63) is 41.0 Å². The van der Waals surface area contributed by atoms with E-state index in [9.17, 15) is 0 Å². The summed E-state index contributed by atoms with van der Waals surface area (Å²) in [6, 6.07) is 9.72. The van der Waals surface area contributed by atoms with Gasteiger partial charge in [-0.25, -0.2) is 0 Å². The van der Waals surface area contributed by atoms with Gasteiger partial charge in [0.2, 0.25) is 0 Å². The van der Waals surface area contributed by atoms with Crippen LogP contribution >= 0.6 is 0 Å². The zero-order valence-corrected chi connectivity index (χ0v) is 15.4. The molecule has 1 heterocycles. The van der Waals surface area contributed by atoms with Gasteiger partial charge in [0.15, 0.2) is 0 Å². The number of rotatable bonds is 3. The number of allylic oxidation sites excluding steroid dienone is 1. The second kappa shape index (κ2) is 7.00. The fraction of sp³-hybridized carbons (Fsp3) is 0.619. The summed E-state index contributed by atoms with van der Waals surface area (Å²) >= 11 is 0. The minimum Gasteiger partial charge on any atom is -0.297 e. The fourth-order valence-electron chi connectivity index (χ4n) is 3.34. The van der Waals surface area contributed by atoms with E-state index in [-0.39, 0.29) is 5.41 Å². The molecule has 22 heavy (non-hydrogen) atoms. The number of piperidine rings is 1. The first-order valence-corrected chi connectivity index (χ1v) is 8.83. The second-order valence-corrected chi connectivity index (χ2v) is 7.91. The minimum atomic E-state index is 0.228. The maximum Gasteiger partial charge on any atom is 0.0282 e. The predicted molar refractivity (Wildman–Crippen MR) is 98.3 cm³/mol. The molecule has 1 aromatic rings. The van der Waals surface area contributed by atoms with Crippen LogP contribution in [0.2, 0.25) is 0 Å². The lowest BCUT2D eigenvalue weighted by Crippen LogP contribution is -2.38. The molecule has 1 nitrogen and oxygen atoms in total. The van der Waals surface area contributed by atoms with Gasteiger partial charge in [0, 0.05) is 6.04 Å². The van der Waals surface area contributed by atoms with Gasteiger partial charge in [0.25, 0.3) is 0 Å². The molecule has 0 bridgehead atoms. The van der Waals surface area contributed by atoms with Gasteiger partial charge in [-0.2, -0.15) is 0 Å². The molecule has 122 valence electrons. The zero-order chi connectivity index (χ0) is 16.3. The van der Waals surface area contributed by atoms with Crippen LogP contribution in [0.15, 0.2) is 29.8 Å². The third-order valence-electron chi connectivity index (χ3n) is 5.34. The Bertz CT molecular complexity index is 510. The first kappa shape index (κ1) is 17.3. The second-order valence-electron chi connectivity index (χ2n) is 7.91. The Balaban J connectivity index is 2.18. The van der Waals surface area contributed by atoms with Gasteiger partial charge in [-0.1, -0.05) is 57.0 Å². The average molecular weight is 300 g/mol. The Hall–Kier alpha value is -1.08. The SMILES string of the molecule is CC(=C(C)C(C)N1CCCCC1)c1ccc(C(C)(C)C)cc1. The van der Waals surface area contributed by atoms with E-state index in [4.69, 9.17) is 0 Å². The quantitative estimate of drug-likeness (QED) is 0.697. The Labute approximate surface area is 137 Å². The number of hydrogen-bond donors (Lipinski definition) is 0. The standard InChI is InChI=1S/C21H33N/c1-16(18(3)22-14-8-7-9-15-22)17(2)19-10-12-20(13-11-19)21(4,5)6/h10-13,18H,7-9,14-15H2,1-6H3. The highest BCUT2D eigenvalue weighted by molar-refractivity contribution is 5.67. The van der Waals surface area contributed by atoms with Crippen molar-refractivity contribution in [1.82, 2.24) is 4.90 Å². The van der Waals surface area contributed by atoms with Crippen LogP contribution in [0.4, 0.5) is 0 Å². The topological polar surface area (TPSA) is 3.24 Å². The Morgan fingerprint density at radius 1 is 0.955 bits per heavy atom. The summed E-state index contributed by atoms with van der Waals surface area (Å²) in [5.74, 6) is 0. The molecule has 1 unspecified atom stereocenters. The summed E-state index contributed by atoms with van der Waals surface area (Å²) in [4.78, 5) is 2.64. The van der Waals surface area contributed by atoms with Gasteiger partial charge in [-0.3, -0.25) is 4.90 Å². The van der Waals surface area contributed by atoms with Gasteiger partial charge in [-0.05, 0) is 68.8 Å². The lowest BCUT2D eigenvalue weighted by atomic mass is 9.86. The highest BCUT2D eigenvalue weighted by Gasteiger charge is 2.19. The average Bonchev–Trinajstić information content (AvgIpc) is 2.53. The van der Waals surface area contributed by atoms with Crippen molar-refractivity contribution in [2.75, 3.05) is 13.1 Å². The van der Waals surface area contributed by atoms with Gasteiger partial charge in [0.1, 0.15) is 0 Å². The van der Waals surface area contributed by atoms with Gasteiger partial charge >= 0.3 is 0 Å². The van der Waals surface area contributed by atoms with Gasteiger partial charge in [0.05, 0.1) is 0 Å². The molecule has 1 aromatic carbocycles. The largest absolute Gasteiger partial charge is 0.297 e. The molecule has 1 fully saturated rings. The van der Waals surface area contributed by atoms with Crippen LogP contribution in [-0.4, -0.2) is 24.0 Å². The van der Waals surface area contributed by atoms with Crippen molar-refractivity contribution in [3.63, 3.8) is 0 Å². The zero-order valence-electron chi connectivity index (χ0n) is 15.4. The monoisotopic (exact) mass is 299 g/mol. The third-order valence-corrected chi connectivity index (χ3v) is 5.34. The van der Waals surface area contributed by atoms with Crippen LogP contribution < -0.4 is 0 Å². The molecule has 0 amide bonds. The molecule has 2 rings (SSSR count). The number of benzene rings is 1. The molecule has 0 saturated carbocycles. The van der Waals surface area contributed by atoms with E-state index in [0.29, 0.717) is 6.04 Å². The Morgan fingerprint density at radius 2 is 1.50 bits per heavy atom. The maximum absolute atomic E-state index is 2.64. The van der Waals surface area contributed by atoms with Crippen molar-refractivity contribution in [1.29, 1.82) is 0 Å². The minimum absolute atomic E-state index is 0.228. The lowest BCUT2D eigenvalue weighted by molar-refractivity contribution is 0.194. The molecule has 1 aliphatic heterocycles. The van der Waals surface area contributed by atoms with E-state index in [2.05, 4.69) is 70.7 Å². The predicted octanol–water partition coefficient (Wildman–Crippen LogP) is 5.65. The highest BCUT2D eigenvalue weighted by Crippen LogP contribution is 2.27. The van der Waals surface area contributed by atoms with E-state index in [1.807, 2.05) is 0 Å². The number of nitrogens with zero attached hydrogens (tertiary/aromatic N) is 1. The normalized spacial score (nSPS) is 19.7. The van der Waals surface area contributed by atoms with Crippen molar-refractivity contribution < 1.29 is 0 Å². The molecular formula is C21H33N. The molecule has 0 spiro atoms. The maximum atomic E-state index is 2.64. The molecule has 0 N–H and O–H groups in total. The van der Waals surface area contributed by atoms with Gasteiger partial charge in [-0.15, -0.1) is 0 Å². The first-order valence-electron chi connectivity index (χ1n) is 8.83. The summed E-state index contributed by atoms with van der Waals surface area (Å²) in [6.07, 6.45) is 4.12. The fourth-order valence-corrected chi connectivity index (χ4v) is 3.34. The van der Waals surface area contributed by atoms with Crippen LogP contribution in [0.25, 0.3) is 5.57 Å².